The zero-order chi connectivity index (χ0) is 13.0. The fourth-order valence-corrected chi connectivity index (χ4v) is 2.20. The molecule has 0 radical (unpaired) electrons. The van der Waals surface area contributed by atoms with E-state index in [-0.39, 0.29) is 6.10 Å². The number of halogens is 2. The molecule has 100 valence electrons. The second-order valence-electron chi connectivity index (χ2n) is 4.76. The van der Waals surface area contributed by atoms with E-state index in [1.54, 1.807) is 6.07 Å². The van der Waals surface area contributed by atoms with Crippen molar-refractivity contribution in [3.05, 3.63) is 28.2 Å². The summed E-state index contributed by atoms with van der Waals surface area (Å²) in [6.07, 6.45) is 4.84. The summed E-state index contributed by atoms with van der Waals surface area (Å²) in [7, 11) is 0. The number of nitrogens with one attached hydrogen (secondary N) is 1. The molecule has 2 rings (SSSR count). The van der Waals surface area contributed by atoms with Gasteiger partial charge in [0.2, 0.25) is 0 Å². The molecule has 1 aromatic rings. The Labute approximate surface area is 119 Å². The molecule has 0 bridgehead atoms. The number of ether oxygens (including phenoxy) is 1. The van der Waals surface area contributed by atoms with Gasteiger partial charge in [0.25, 0.3) is 0 Å². The maximum Gasteiger partial charge on any atom is 0.139 e. The highest BCUT2D eigenvalue weighted by atomic mass is 35.5. The molecule has 1 unspecified atom stereocenters. The van der Waals surface area contributed by atoms with E-state index in [1.165, 1.54) is 12.8 Å². The molecule has 0 aliphatic heterocycles. The molecule has 1 fully saturated rings. The van der Waals surface area contributed by atoms with E-state index in [0.717, 1.165) is 19.4 Å². The minimum atomic E-state index is 0.159. The minimum absolute atomic E-state index is 0.159. The molecule has 0 amide bonds. The summed E-state index contributed by atoms with van der Waals surface area (Å²) in [6.45, 7) is 3.04. The van der Waals surface area contributed by atoms with E-state index >= 15 is 0 Å². The van der Waals surface area contributed by atoms with E-state index in [4.69, 9.17) is 27.9 Å². The molecule has 1 aliphatic rings. The normalized spacial score (nSPS) is 16.6. The summed E-state index contributed by atoms with van der Waals surface area (Å²) >= 11 is 12.1. The lowest BCUT2D eigenvalue weighted by Gasteiger charge is -2.20. The lowest BCUT2D eigenvalue weighted by atomic mass is 10.2. The standard InChI is InChI=1S/C14H19Cl2NO/c1-2-4-11(9-17-10-7-8-10)18-13-6-3-5-12(15)14(13)16/h3,5-6,10-11,17H,2,4,7-9H2,1H3. The SMILES string of the molecule is CCCC(CNC1CC1)Oc1cccc(Cl)c1Cl. The van der Waals surface area contributed by atoms with Crippen LogP contribution in [0.25, 0.3) is 0 Å². The lowest BCUT2D eigenvalue weighted by molar-refractivity contribution is 0.186. The Bertz CT molecular complexity index is 393. The zero-order valence-electron chi connectivity index (χ0n) is 10.6. The Balaban J connectivity index is 1.95. The van der Waals surface area contributed by atoms with Crippen LogP contribution in [0.15, 0.2) is 18.2 Å². The largest absolute Gasteiger partial charge is 0.487 e. The van der Waals surface area contributed by atoms with Gasteiger partial charge >= 0.3 is 0 Å². The highest BCUT2D eigenvalue weighted by Gasteiger charge is 2.22. The topological polar surface area (TPSA) is 21.3 Å². The summed E-state index contributed by atoms with van der Waals surface area (Å²) in [6, 6.07) is 6.20. The van der Waals surface area contributed by atoms with Crippen molar-refractivity contribution in [3.8, 4) is 5.75 Å². The molecule has 4 heteroatoms. The average Bonchev–Trinajstić information content (AvgIpc) is 3.16. The van der Waals surface area contributed by atoms with Gasteiger partial charge in [0.1, 0.15) is 16.9 Å². The Morgan fingerprint density at radius 2 is 2.17 bits per heavy atom. The van der Waals surface area contributed by atoms with Crippen LogP contribution in [0.4, 0.5) is 0 Å². The highest BCUT2D eigenvalue weighted by Crippen LogP contribution is 2.32. The van der Waals surface area contributed by atoms with E-state index in [1.807, 2.05) is 12.1 Å². The Morgan fingerprint density at radius 1 is 1.39 bits per heavy atom. The van der Waals surface area contributed by atoms with Gasteiger partial charge in [-0.2, -0.15) is 0 Å². The first-order valence-corrected chi connectivity index (χ1v) is 7.30. The van der Waals surface area contributed by atoms with Gasteiger partial charge in [0.05, 0.1) is 5.02 Å². The summed E-state index contributed by atoms with van der Waals surface area (Å²) in [5.41, 5.74) is 0. The van der Waals surface area contributed by atoms with Gasteiger partial charge < -0.3 is 10.1 Å². The van der Waals surface area contributed by atoms with Gasteiger partial charge in [0.15, 0.2) is 0 Å². The monoisotopic (exact) mass is 287 g/mol. The average molecular weight is 288 g/mol. The molecular formula is C14H19Cl2NO. The predicted molar refractivity (Wildman–Crippen MR) is 76.8 cm³/mol. The number of benzene rings is 1. The van der Waals surface area contributed by atoms with Crippen LogP contribution in [0.3, 0.4) is 0 Å². The first-order chi connectivity index (χ1) is 8.70. The van der Waals surface area contributed by atoms with E-state index in [0.29, 0.717) is 21.8 Å². The molecule has 1 N–H and O–H groups in total. The molecule has 1 aliphatic carbocycles. The summed E-state index contributed by atoms with van der Waals surface area (Å²) in [4.78, 5) is 0. The molecule has 18 heavy (non-hydrogen) atoms. The predicted octanol–water partition coefficient (Wildman–Crippen LogP) is 4.29. The van der Waals surface area contributed by atoms with E-state index in [2.05, 4.69) is 12.2 Å². The molecule has 0 heterocycles. The first kappa shape index (κ1) is 14.0. The zero-order valence-corrected chi connectivity index (χ0v) is 12.1. The fraction of sp³-hybridized carbons (Fsp3) is 0.571. The smallest absolute Gasteiger partial charge is 0.139 e. The third kappa shape index (κ3) is 4.04. The van der Waals surface area contributed by atoms with Gasteiger partial charge in [-0.3, -0.25) is 0 Å². The molecule has 2 nitrogen and oxygen atoms in total. The number of rotatable bonds is 7. The number of hydrogen-bond donors (Lipinski definition) is 1. The summed E-state index contributed by atoms with van der Waals surface area (Å²) in [5.74, 6) is 0.681. The van der Waals surface area contributed by atoms with Crippen molar-refractivity contribution in [2.24, 2.45) is 0 Å². The molecule has 0 aromatic heterocycles. The van der Waals surface area contributed by atoms with E-state index in [9.17, 15) is 0 Å². The maximum atomic E-state index is 6.14. The summed E-state index contributed by atoms with van der Waals surface area (Å²) < 4.78 is 5.97. The fourth-order valence-electron chi connectivity index (χ4n) is 1.86. The van der Waals surface area contributed by atoms with Crippen molar-refractivity contribution < 1.29 is 4.74 Å². The van der Waals surface area contributed by atoms with E-state index < -0.39 is 0 Å². The van der Waals surface area contributed by atoms with Crippen LogP contribution in [0.5, 0.6) is 5.75 Å². The molecule has 0 saturated heterocycles. The van der Waals surface area contributed by atoms with Crippen LogP contribution >= 0.6 is 23.2 Å². The molecule has 1 aromatic carbocycles. The van der Waals surface area contributed by atoms with Crippen molar-refractivity contribution in [1.29, 1.82) is 0 Å². The Kier molecular flexibility index (Phi) is 5.16. The van der Waals surface area contributed by atoms with Crippen LogP contribution < -0.4 is 10.1 Å². The van der Waals surface area contributed by atoms with Crippen molar-refractivity contribution in [2.75, 3.05) is 6.54 Å². The maximum absolute atomic E-state index is 6.14. The van der Waals surface area contributed by atoms with Gasteiger partial charge in [-0.25, -0.2) is 0 Å². The van der Waals surface area contributed by atoms with Crippen LogP contribution in [-0.4, -0.2) is 18.7 Å². The van der Waals surface area contributed by atoms with Crippen LogP contribution in [0, 0.1) is 0 Å². The van der Waals surface area contributed by atoms with Crippen molar-refractivity contribution in [1.82, 2.24) is 5.32 Å². The van der Waals surface area contributed by atoms with Gasteiger partial charge in [0, 0.05) is 12.6 Å². The quantitative estimate of drug-likeness (QED) is 0.808. The van der Waals surface area contributed by atoms with Gasteiger partial charge in [-0.05, 0) is 31.4 Å². The van der Waals surface area contributed by atoms with Crippen LogP contribution in [0.2, 0.25) is 10.0 Å². The molecule has 1 atom stereocenters. The number of hydrogen-bond acceptors (Lipinski definition) is 2. The molecular weight excluding hydrogens is 269 g/mol. The van der Waals surface area contributed by atoms with Crippen LogP contribution in [0.1, 0.15) is 32.6 Å². The van der Waals surface area contributed by atoms with Gasteiger partial charge in [-0.15, -0.1) is 0 Å². The second-order valence-corrected chi connectivity index (χ2v) is 5.55. The summed E-state index contributed by atoms with van der Waals surface area (Å²) in [5, 5.41) is 4.54. The Hall–Kier alpha value is -0.440. The highest BCUT2D eigenvalue weighted by molar-refractivity contribution is 6.42. The lowest BCUT2D eigenvalue weighted by Crippen LogP contribution is -2.32. The van der Waals surface area contributed by atoms with Crippen molar-refractivity contribution in [3.63, 3.8) is 0 Å². The van der Waals surface area contributed by atoms with Crippen molar-refractivity contribution in [2.45, 2.75) is 44.8 Å². The Morgan fingerprint density at radius 3 is 2.83 bits per heavy atom. The minimum Gasteiger partial charge on any atom is -0.487 e. The van der Waals surface area contributed by atoms with Crippen LogP contribution in [-0.2, 0) is 0 Å². The molecule has 0 spiro atoms. The third-order valence-corrected chi connectivity index (χ3v) is 3.83. The second kappa shape index (κ2) is 6.65. The van der Waals surface area contributed by atoms with Gasteiger partial charge in [-0.1, -0.05) is 42.6 Å². The molecule has 1 saturated carbocycles. The third-order valence-electron chi connectivity index (χ3n) is 3.03. The first-order valence-electron chi connectivity index (χ1n) is 6.54. The van der Waals surface area contributed by atoms with Crippen molar-refractivity contribution >= 4 is 23.2 Å².